The Kier molecular flexibility index (Phi) is 7.10. The van der Waals surface area contributed by atoms with Crippen molar-refractivity contribution in [3.05, 3.63) is 41.7 Å². The largest absolute Gasteiger partial charge is 0.493 e. The van der Waals surface area contributed by atoms with Gasteiger partial charge in [-0.3, -0.25) is 4.79 Å². The summed E-state index contributed by atoms with van der Waals surface area (Å²) in [5.74, 6) is 0.308. The number of hydrogen-bond acceptors (Lipinski definition) is 3. The van der Waals surface area contributed by atoms with Crippen LogP contribution < -0.4 is 4.74 Å². The van der Waals surface area contributed by atoms with Crippen LogP contribution in [-0.2, 0) is 6.18 Å². The molecule has 154 valence electrons. The first-order valence-corrected chi connectivity index (χ1v) is 9.35. The van der Waals surface area contributed by atoms with Gasteiger partial charge in [0.1, 0.15) is 0 Å². The lowest BCUT2D eigenvalue weighted by atomic mass is 10.0. The van der Waals surface area contributed by atoms with Crippen LogP contribution in [0.4, 0.5) is 13.2 Å². The zero-order chi connectivity index (χ0) is 20.9. The highest BCUT2D eigenvalue weighted by Gasteiger charge is 2.31. The van der Waals surface area contributed by atoms with Crippen molar-refractivity contribution in [1.29, 1.82) is 0 Å². The summed E-state index contributed by atoms with van der Waals surface area (Å²) < 4.78 is 45.5. The van der Waals surface area contributed by atoms with E-state index in [0.29, 0.717) is 19.0 Å². The molecule has 0 unspecified atom stereocenters. The highest BCUT2D eigenvalue weighted by Crippen LogP contribution is 2.31. The highest BCUT2D eigenvalue weighted by atomic mass is 19.4. The molecule has 0 radical (unpaired) electrons. The number of benzene rings is 1. The number of aromatic nitrogens is 2. The Morgan fingerprint density at radius 2 is 1.93 bits per heavy atom. The highest BCUT2D eigenvalue weighted by molar-refractivity contribution is 5.95. The maximum Gasteiger partial charge on any atom is 0.416 e. The molecule has 8 heteroatoms. The van der Waals surface area contributed by atoms with Crippen molar-refractivity contribution in [2.45, 2.75) is 39.8 Å². The first-order valence-electron chi connectivity index (χ1n) is 9.35. The molecule has 0 atom stereocenters. The molecule has 2 aromatic rings. The molecule has 2 rings (SSSR count). The third kappa shape index (κ3) is 4.85. The van der Waals surface area contributed by atoms with Crippen molar-refractivity contribution in [3.8, 4) is 11.4 Å². The number of nitrogens with zero attached hydrogens (tertiary/aromatic N) is 3. The van der Waals surface area contributed by atoms with Crippen LogP contribution in [0.15, 0.2) is 30.5 Å². The second-order valence-corrected chi connectivity index (χ2v) is 6.57. The summed E-state index contributed by atoms with van der Waals surface area (Å²) in [4.78, 5) is 14.7. The topological polar surface area (TPSA) is 47.4 Å². The Balaban J connectivity index is 2.37. The van der Waals surface area contributed by atoms with Crippen LogP contribution in [0.1, 0.15) is 49.7 Å². The number of ether oxygens (including phenoxy) is 1. The number of alkyl halides is 3. The monoisotopic (exact) mass is 397 g/mol. The van der Waals surface area contributed by atoms with Crippen LogP contribution in [0, 0.1) is 5.92 Å². The SMILES string of the molecule is CCC(CC)CN(CC)C(=O)c1nn(-c2cccc(C(F)(F)F)c2)cc1OC. The maximum atomic E-state index is 13.0. The van der Waals surface area contributed by atoms with Gasteiger partial charge in [-0.2, -0.15) is 18.3 Å². The number of methoxy groups -OCH3 is 1. The number of halogens is 3. The Morgan fingerprint density at radius 1 is 1.25 bits per heavy atom. The smallest absolute Gasteiger partial charge is 0.416 e. The van der Waals surface area contributed by atoms with Gasteiger partial charge in [-0.1, -0.05) is 32.8 Å². The third-order valence-electron chi connectivity index (χ3n) is 4.84. The normalized spacial score (nSPS) is 11.7. The number of hydrogen-bond donors (Lipinski definition) is 0. The van der Waals surface area contributed by atoms with Gasteiger partial charge in [0.05, 0.1) is 24.6 Å². The Hall–Kier alpha value is -2.51. The van der Waals surface area contributed by atoms with Gasteiger partial charge in [0, 0.05) is 13.1 Å². The van der Waals surface area contributed by atoms with Crippen LogP contribution in [0.5, 0.6) is 5.75 Å². The van der Waals surface area contributed by atoms with Crippen molar-refractivity contribution in [2.75, 3.05) is 20.2 Å². The fourth-order valence-electron chi connectivity index (χ4n) is 2.98. The Labute approximate surface area is 163 Å². The lowest BCUT2D eigenvalue weighted by Crippen LogP contribution is -2.35. The second-order valence-electron chi connectivity index (χ2n) is 6.57. The third-order valence-corrected chi connectivity index (χ3v) is 4.84. The van der Waals surface area contributed by atoms with E-state index >= 15 is 0 Å². The molecule has 0 saturated carbocycles. The molecule has 0 bridgehead atoms. The minimum atomic E-state index is -4.46. The number of rotatable bonds is 8. The van der Waals surface area contributed by atoms with Crippen LogP contribution >= 0.6 is 0 Å². The molecule has 28 heavy (non-hydrogen) atoms. The number of amides is 1. The molecular weight excluding hydrogens is 371 g/mol. The Bertz CT molecular complexity index is 798. The van der Waals surface area contributed by atoms with E-state index in [1.54, 1.807) is 4.90 Å². The summed E-state index contributed by atoms with van der Waals surface area (Å²) in [6, 6.07) is 4.78. The van der Waals surface area contributed by atoms with Crippen molar-refractivity contribution in [1.82, 2.24) is 14.7 Å². The number of carbonyl (C=O) groups is 1. The van der Waals surface area contributed by atoms with Gasteiger partial charge >= 0.3 is 6.18 Å². The lowest BCUT2D eigenvalue weighted by Gasteiger charge is -2.24. The van der Waals surface area contributed by atoms with E-state index in [1.807, 2.05) is 6.92 Å². The second kappa shape index (κ2) is 9.12. The molecule has 0 N–H and O–H groups in total. The first kappa shape index (κ1) is 21.8. The van der Waals surface area contributed by atoms with Crippen molar-refractivity contribution in [2.24, 2.45) is 5.92 Å². The fraction of sp³-hybridized carbons (Fsp3) is 0.500. The fourth-order valence-corrected chi connectivity index (χ4v) is 2.98. The van der Waals surface area contributed by atoms with E-state index in [9.17, 15) is 18.0 Å². The van der Waals surface area contributed by atoms with Crippen LogP contribution in [0.25, 0.3) is 5.69 Å². The van der Waals surface area contributed by atoms with Crippen LogP contribution in [0.2, 0.25) is 0 Å². The molecule has 1 heterocycles. The van der Waals surface area contributed by atoms with Gasteiger partial charge in [-0.15, -0.1) is 0 Å². The summed E-state index contributed by atoms with van der Waals surface area (Å²) in [5.41, 5.74) is -0.487. The molecule has 0 aliphatic carbocycles. The molecule has 0 aliphatic rings. The first-order chi connectivity index (χ1) is 13.2. The molecule has 0 fully saturated rings. The van der Waals surface area contributed by atoms with Gasteiger partial charge in [-0.25, -0.2) is 4.68 Å². The maximum absolute atomic E-state index is 13.0. The van der Waals surface area contributed by atoms with E-state index in [-0.39, 0.29) is 23.0 Å². The zero-order valence-electron chi connectivity index (χ0n) is 16.6. The summed E-state index contributed by atoms with van der Waals surface area (Å²) in [7, 11) is 1.40. The van der Waals surface area contributed by atoms with Crippen LogP contribution in [-0.4, -0.2) is 40.8 Å². The molecular formula is C20H26F3N3O2. The molecule has 1 aromatic carbocycles. The van der Waals surface area contributed by atoms with E-state index in [1.165, 1.54) is 30.1 Å². The molecule has 0 saturated heterocycles. The average molecular weight is 397 g/mol. The molecule has 1 amide bonds. The minimum absolute atomic E-state index is 0.0905. The summed E-state index contributed by atoms with van der Waals surface area (Å²) in [6.45, 7) is 7.15. The number of carbonyl (C=O) groups excluding carboxylic acids is 1. The van der Waals surface area contributed by atoms with Crippen molar-refractivity contribution < 1.29 is 22.7 Å². The quantitative estimate of drug-likeness (QED) is 0.643. The molecule has 5 nitrogen and oxygen atoms in total. The summed E-state index contributed by atoms with van der Waals surface area (Å²) in [6.07, 6.45) is -1.12. The minimum Gasteiger partial charge on any atom is -0.493 e. The molecule has 1 aromatic heterocycles. The van der Waals surface area contributed by atoms with Gasteiger partial charge in [0.15, 0.2) is 11.4 Å². The molecule has 0 spiro atoms. The lowest BCUT2D eigenvalue weighted by molar-refractivity contribution is -0.137. The van der Waals surface area contributed by atoms with Gasteiger partial charge in [0.25, 0.3) is 5.91 Å². The zero-order valence-corrected chi connectivity index (χ0v) is 16.6. The predicted molar refractivity (Wildman–Crippen MR) is 101 cm³/mol. The van der Waals surface area contributed by atoms with E-state index in [4.69, 9.17) is 4.74 Å². The van der Waals surface area contributed by atoms with Crippen molar-refractivity contribution >= 4 is 5.91 Å². The molecule has 0 aliphatic heterocycles. The average Bonchev–Trinajstić information content (AvgIpc) is 3.12. The predicted octanol–water partition coefficient (Wildman–Crippen LogP) is 4.80. The van der Waals surface area contributed by atoms with E-state index in [0.717, 1.165) is 25.0 Å². The van der Waals surface area contributed by atoms with Gasteiger partial charge in [0.2, 0.25) is 0 Å². The standard InChI is InChI=1S/C20H26F3N3O2/c1-5-14(6-2)12-25(7-3)19(27)18-17(28-4)13-26(24-18)16-10-8-9-15(11-16)20(21,22)23/h8-11,13-14H,5-7,12H2,1-4H3. The van der Waals surface area contributed by atoms with Crippen molar-refractivity contribution in [3.63, 3.8) is 0 Å². The van der Waals surface area contributed by atoms with E-state index < -0.39 is 11.7 Å². The Morgan fingerprint density at radius 3 is 2.46 bits per heavy atom. The van der Waals surface area contributed by atoms with Crippen LogP contribution in [0.3, 0.4) is 0 Å². The summed E-state index contributed by atoms with van der Waals surface area (Å²) >= 11 is 0. The van der Waals surface area contributed by atoms with Gasteiger partial charge in [-0.05, 0) is 31.0 Å². The van der Waals surface area contributed by atoms with Gasteiger partial charge < -0.3 is 9.64 Å². The van der Waals surface area contributed by atoms with E-state index in [2.05, 4.69) is 18.9 Å². The summed E-state index contributed by atoms with van der Waals surface area (Å²) in [5, 5.41) is 4.24.